The van der Waals surface area contributed by atoms with Gasteiger partial charge in [0.1, 0.15) is 0 Å². The predicted molar refractivity (Wildman–Crippen MR) is 135 cm³/mol. The van der Waals surface area contributed by atoms with Crippen LogP contribution in [0.15, 0.2) is 29.3 Å². The van der Waals surface area contributed by atoms with Gasteiger partial charge in [-0.2, -0.15) is 11.8 Å². The Morgan fingerprint density at radius 3 is 2.66 bits per heavy atom. The first kappa shape index (κ1) is 24.3. The summed E-state index contributed by atoms with van der Waals surface area (Å²) in [5.74, 6) is 1.20. The third kappa shape index (κ3) is 7.66. The van der Waals surface area contributed by atoms with E-state index in [1.807, 2.05) is 30.9 Å². The van der Waals surface area contributed by atoms with Crippen LogP contribution in [0.2, 0.25) is 0 Å². The molecule has 5 nitrogen and oxygen atoms in total. The van der Waals surface area contributed by atoms with Crippen molar-refractivity contribution in [2.24, 2.45) is 10.9 Å². The summed E-state index contributed by atoms with van der Waals surface area (Å²) in [6, 6.07) is 8.61. The number of carbonyl (C=O) groups excluding carboxylic acids is 1. The van der Waals surface area contributed by atoms with Crippen molar-refractivity contribution in [3.8, 4) is 0 Å². The molecule has 1 aromatic rings. The summed E-state index contributed by atoms with van der Waals surface area (Å²) in [5.41, 5.74) is 2.02. The summed E-state index contributed by atoms with van der Waals surface area (Å²) in [5, 5.41) is 10.8. The van der Waals surface area contributed by atoms with Gasteiger partial charge in [0.05, 0.1) is 0 Å². The number of hydrogen-bond acceptors (Lipinski definition) is 3. The van der Waals surface area contributed by atoms with Crippen molar-refractivity contribution in [3.05, 3.63) is 29.8 Å². The van der Waals surface area contributed by atoms with E-state index in [0.29, 0.717) is 12.6 Å². The molecule has 162 valence electrons. The standard InChI is InChI=1S/C22H34N4OS.HI/c1-23-22(26-19-11-12-20(14-19)28-2)24-15-16-7-6-10-18(13-16)25-21(27)17-8-4-3-5-9-17;/h6-7,10,13,17,19-20H,3-5,8-9,11-12,14-15H2,1-2H3,(H,25,27)(H2,23,24,26);1H. The van der Waals surface area contributed by atoms with Gasteiger partial charge in [0.2, 0.25) is 5.91 Å². The lowest BCUT2D eigenvalue weighted by atomic mass is 9.88. The molecule has 3 N–H and O–H groups in total. The van der Waals surface area contributed by atoms with Gasteiger partial charge in [-0.15, -0.1) is 24.0 Å². The van der Waals surface area contributed by atoms with Gasteiger partial charge in [-0.25, -0.2) is 0 Å². The molecule has 2 unspecified atom stereocenters. The summed E-state index contributed by atoms with van der Waals surface area (Å²) in [6.45, 7) is 0.686. The second kappa shape index (κ2) is 12.7. The number of nitrogens with zero attached hydrogens (tertiary/aromatic N) is 1. The van der Waals surface area contributed by atoms with E-state index in [1.165, 1.54) is 38.5 Å². The van der Waals surface area contributed by atoms with Crippen LogP contribution in [0.4, 0.5) is 5.69 Å². The maximum atomic E-state index is 12.5. The Hall–Kier alpha value is -0.960. The zero-order valence-electron chi connectivity index (χ0n) is 17.6. The lowest BCUT2D eigenvalue weighted by molar-refractivity contribution is -0.120. The minimum absolute atomic E-state index is 0. The smallest absolute Gasteiger partial charge is 0.227 e. The number of benzene rings is 1. The number of aliphatic imine (C=N–C) groups is 1. The van der Waals surface area contributed by atoms with E-state index < -0.39 is 0 Å². The minimum Gasteiger partial charge on any atom is -0.354 e. The second-order valence-electron chi connectivity index (χ2n) is 7.96. The van der Waals surface area contributed by atoms with Gasteiger partial charge >= 0.3 is 0 Å². The second-order valence-corrected chi connectivity index (χ2v) is 9.10. The molecule has 0 radical (unpaired) electrons. The number of halogens is 1. The SMILES string of the molecule is CN=C(NCc1cccc(NC(=O)C2CCCCC2)c1)NC1CCC(SC)C1.I. The van der Waals surface area contributed by atoms with Gasteiger partial charge in [0.15, 0.2) is 5.96 Å². The van der Waals surface area contributed by atoms with Crippen LogP contribution in [-0.4, -0.2) is 36.5 Å². The molecular formula is C22H35IN4OS. The molecular weight excluding hydrogens is 495 g/mol. The van der Waals surface area contributed by atoms with Gasteiger partial charge in [-0.1, -0.05) is 31.4 Å². The predicted octanol–water partition coefficient (Wildman–Crippen LogP) is 4.77. The van der Waals surface area contributed by atoms with E-state index in [9.17, 15) is 4.79 Å². The lowest BCUT2D eigenvalue weighted by Crippen LogP contribution is -2.42. The minimum atomic E-state index is 0. The normalized spacial score (nSPS) is 22.6. The Morgan fingerprint density at radius 2 is 1.97 bits per heavy atom. The lowest BCUT2D eigenvalue weighted by Gasteiger charge is -2.21. The van der Waals surface area contributed by atoms with Crippen LogP contribution in [0.25, 0.3) is 0 Å². The molecule has 2 saturated carbocycles. The highest BCUT2D eigenvalue weighted by Gasteiger charge is 2.24. The van der Waals surface area contributed by atoms with E-state index in [1.54, 1.807) is 0 Å². The maximum Gasteiger partial charge on any atom is 0.227 e. The molecule has 2 fully saturated rings. The van der Waals surface area contributed by atoms with Crippen LogP contribution in [0.3, 0.4) is 0 Å². The molecule has 0 bridgehead atoms. The molecule has 29 heavy (non-hydrogen) atoms. The molecule has 2 aliphatic rings. The third-order valence-corrected chi connectivity index (χ3v) is 7.01. The fourth-order valence-electron chi connectivity index (χ4n) is 4.23. The first-order valence-corrected chi connectivity index (χ1v) is 11.9. The Morgan fingerprint density at radius 1 is 1.17 bits per heavy atom. The quantitative estimate of drug-likeness (QED) is 0.282. The number of amides is 1. The molecule has 1 aromatic carbocycles. The number of rotatable bonds is 6. The molecule has 2 atom stereocenters. The maximum absolute atomic E-state index is 12.5. The van der Waals surface area contributed by atoms with Crippen molar-refractivity contribution in [3.63, 3.8) is 0 Å². The van der Waals surface area contributed by atoms with Crippen molar-refractivity contribution in [2.45, 2.75) is 69.2 Å². The van der Waals surface area contributed by atoms with Gasteiger partial charge in [0.25, 0.3) is 0 Å². The fourth-order valence-corrected chi connectivity index (χ4v) is 5.02. The van der Waals surface area contributed by atoms with E-state index in [0.717, 1.165) is 35.3 Å². The van der Waals surface area contributed by atoms with E-state index in [-0.39, 0.29) is 35.8 Å². The molecule has 0 heterocycles. The largest absolute Gasteiger partial charge is 0.354 e. The van der Waals surface area contributed by atoms with Crippen LogP contribution in [0.5, 0.6) is 0 Å². The molecule has 0 saturated heterocycles. The van der Waals surface area contributed by atoms with Crippen LogP contribution in [0, 0.1) is 5.92 Å². The van der Waals surface area contributed by atoms with Crippen molar-refractivity contribution < 1.29 is 4.79 Å². The number of guanidine groups is 1. The Labute approximate surface area is 196 Å². The number of carbonyl (C=O) groups is 1. The van der Waals surface area contributed by atoms with Crippen molar-refractivity contribution in [1.29, 1.82) is 0 Å². The van der Waals surface area contributed by atoms with Gasteiger partial charge in [0, 0.05) is 36.5 Å². The van der Waals surface area contributed by atoms with Crippen LogP contribution >= 0.6 is 35.7 Å². The zero-order valence-corrected chi connectivity index (χ0v) is 20.7. The summed E-state index contributed by atoms with van der Waals surface area (Å²) in [7, 11) is 1.82. The summed E-state index contributed by atoms with van der Waals surface area (Å²) in [4.78, 5) is 16.8. The van der Waals surface area contributed by atoms with Crippen LogP contribution in [-0.2, 0) is 11.3 Å². The first-order valence-electron chi connectivity index (χ1n) is 10.6. The van der Waals surface area contributed by atoms with Crippen LogP contribution in [0.1, 0.15) is 56.9 Å². The average Bonchev–Trinajstić information content (AvgIpc) is 3.19. The summed E-state index contributed by atoms with van der Waals surface area (Å²) < 4.78 is 0. The highest BCUT2D eigenvalue weighted by atomic mass is 127. The van der Waals surface area contributed by atoms with Crippen molar-refractivity contribution >= 4 is 53.3 Å². The third-order valence-electron chi connectivity index (χ3n) is 5.91. The number of hydrogen-bond donors (Lipinski definition) is 3. The Kier molecular flexibility index (Phi) is 10.6. The first-order chi connectivity index (χ1) is 13.7. The van der Waals surface area contributed by atoms with Gasteiger partial charge in [-0.3, -0.25) is 9.79 Å². The average molecular weight is 531 g/mol. The van der Waals surface area contributed by atoms with Crippen molar-refractivity contribution in [2.75, 3.05) is 18.6 Å². The highest BCUT2D eigenvalue weighted by molar-refractivity contribution is 14.0. The molecule has 1 amide bonds. The van der Waals surface area contributed by atoms with E-state index in [4.69, 9.17) is 0 Å². The van der Waals surface area contributed by atoms with Crippen molar-refractivity contribution in [1.82, 2.24) is 10.6 Å². The number of nitrogens with one attached hydrogen (secondary N) is 3. The van der Waals surface area contributed by atoms with Crippen LogP contribution < -0.4 is 16.0 Å². The topological polar surface area (TPSA) is 65.5 Å². The van der Waals surface area contributed by atoms with Gasteiger partial charge < -0.3 is 16.0 Å². The molecule has 0 aromatic heterocycles. The zero-order chi connectivity index (χ0) is 19.8. The Balaban J connectivity index is 0.00000300. The summed E-state index contributed by atoms with van der Waals surface area (Å²) in [6.07, 6.45) is 11.5. The monoisotopic (exact) mass is 530 g/mol. The Bertz CT molecular complexity index is 679. The van der Waals surface area contributed by atoms with E-state index in [2.05, 4.69) is 39.3 Å². The highest BCUT2D eigenvalue weighted by Crippen LogP contribution is 2.28. The number of thioether (sulfide) groups is 1. The number of anilines is 1. The van der Waals surface area contributed by atoms with Gasteiger partial charge in [-0.05, 0) is 56.1 Å². The van der Waals surface area contributed by atoms with E-state index >= 15 is 0 Å². The molecule has 3 rings (SSSR count). The molecule has 2 aliphatic carbocycles. The molecule has 0 aliphatic heterocycles. The fraction of sp³-hybridized carbons (Fsp3) is 0.636. The molecule has 7 heteroatoms. The molecule has 0 spiro atoms. The summed E-state index contributed by atoms with van der Waals surface area (Å²) >= 11 is 1.96.